The Bertz CT molecular complexity index is 331. The summed E-state index contributed by atoms with van der Waals surface area (Å²) in [5.74, 6) is 0. The molecule has 0 spiro atoms. The number of hydrogen-bond acceptors (Lipinski definition) is 3. The average Bonchev–Trinajstić information content (AvgIpc) is 2.80. The van der Waals surface area contributed by atoms with E-state index >= 15 is 0 Å². The summed E-state index contributed by atoms with van der Waals surface area (Å²) in [4.78, 5) is 2.48. The minimum Gasteiger partial charge on any atom is -0.329 e. The van der Waals surface area contributed by atoms with Gasteiger partial charge in [0.15, 0.2) is 0 Å². The Morgan fingerprint density at radius 2 is 2.40 bits per heavy atom. The summed E-state index contributed by atoms with van der Waals surface area (Å²) in [6, 6.07) is 0.574. The molecule has 1 aliphatic heterocycles. The fraction of sp³-hybridized carbons (Fsp3) is 0.727. The highest BCUT2D eigenvalue weighted by Gasteiger charge is 2.23. The number of nitrogens with two attached hydrogens (primary N) is 1. The van der Waals surface area contributed by atoms with Crippen LogP contribution in [0.25, 0.3) is 0 Å². The van der Waals surface area contributed by atoms with E-state index in [0.29, 0.717) is 6.04 Å². The van der Waals surface area contributed by atoms with Crippen molar-refractivity contribution >= 4 is 0 Å². The molecule has 15 heavy (non-hydrogen) atoms. The molecule has 1 aromatic rings. The van der Waals surface area contributed by atoms with Crippen LogP contribution in [0.3, 0.4) is 0 Å². The first-order chi connectivity index (χ1) is 7.22. The highest BCUT2D eigenvalue weighted by molar-refractivity contribution is 5.16. The lowest BCUT2D eigenvalue weighted by Gasteiger charge is -2.22. The second kappa shape index (κ2) is 4.33. The molecule has 1 unspecified atom stereocenters. The van der Waals surface area contributed by atoms with Gasteiger partial charge in [-0.3, -0.25) is 9.58 Å². The second-order valence-electron chi connectivity index (χ2n) is 4.38. The van der Waals surface area contributed by atoms with E-state index in [4.69, 9.17) is 5.73 Å². The summed E-state index contributed by atoms with van der Waals surface area (Å²) in [6.07, 6.45) is 4.50. The molecule has 1 fully saturated rings. The SMILES string of the molecule is Cc1c(CN2CCCC2CN)cnn1C. The number of likely N-dealkylation sites (tertiary alicyclic amines) is 1. The van der Waals surface area contributed by atoms with Crippen LogP contribution < -0.4 is 5.73 Å². The third kappa shape index (κ3) is 2.06. The normalized spacial score (nSPS) is 22.5. The Morgan fingerprint density at radius 3 is 3.00 bits per heavy atom. The number of nitrogens with zero attached hydrogens (tertiary/aromatic N) is 3. The van der Waals surface area contributed by atoms with Crippen molar-refractivity contribution in [1.82, 2.24) is 14.7 Å². The van der Waals surface area contributed by atoms with Crippen molar-refractivity contribution in [3.63, 3.8) is 0 Å². The Balaban J connectivity index is 2.05. The minimum atomic E-state index is 0.574. The molecule has 0 radical (unpaired) electrons. The lowest BCUT2D eigenvalue weighted by atomic mass is 10.2. The van der Waals surface area contributed by atoms with E-state index in [1.807, 2.05) is 17.9 Å². The molecular weight excluding hydrogens is 188 g/mol. The maximum atomic E-state index is 5.76. The molecule has 2 rings (SSSR count). The van der Waals surface area contributed by atoms with E-state index in [9.17, 15) is 0 Å². The van der Waals surface area contributed by atoms with Crippen LogP contribution in [0, 0.1) is 6.92 Å². The molecule has 2 N–H and O–H groups in total. The monoisotopic (exact) mass is 208 g/mol. The smallest absolute Gasteiger partial charge is 0.0537 e. The predicted octanol–water partition coefficient (Wildman–Crippen LogP) is 0.652. The van der Waals surface area contributed by atoms with Gasteiger partial charge < -0.3 is 5.73 Å². The van der Waals surface area contributed by atoms with Crippen molar-refractivity contribution in [2.45, 2.75) is 32.4 Å². The van der Waals surface area contributed by atoms with Gasteiger partial charge in [0, 0.05) is 37.4 Å². The van der Waals surface area contributed by atoms with Gasteiger partial charge in [-0.2, -0.15) is 5.10 Å². The Hall–Kier alpha value is -0.870. The van der Waals surface area contributed by atoms with E-state index in [2.05, 4.69) is 16.9 Å². The van der Waals surface area contributed by atoms with Crippen LogP contribution >= 0.6 is 0 Å². The standard InChI is InChI=1S/C11H20N4/c1-9-10(7-13-14(9)2)8-15-5-3-4-11(15)6-12/h7,11H,3-6,8,12H2,1-2H3. The fourth-order valence-corrected chi connectivity index (χ4v) is 2.29. The van der Waals surface area contributed by atoms with Gasteiger partial charge in [0.25, 0.3) is 0 Å². The zero-order chi connectivity index (χ0) is 10.8. The van der Waals surface area contributed by atoms with Crippen molar-refractivity contribution in [3.05, 3.63) is 17.5 Å². The maximum absolute atomic E-state index is 5.76. The molecule has 0 aliphatic carbocycles. The molecule has 0 amide bonds. The van der Waals surface area contributed by atoms with Gasteiger partial charge in [0.2, 0.25) is 0 Å². The quantitative estimate of drug-likeness (QED) is 0.793. The third-order valence-corrected chi connectivity index (χ3v) is 3.48. The highest BCUT2D eigenvalue weighted by Crippen LogP contribution is 2.20. The van der Waals surface area contributed by atoms with Gasteiger partial charge in [0.05, 0.1) is 6.20 Å². The molecule has 2 heterocycles. The van der Waals surface area contributed by atoms with Crippen LogP contribution in [-0.2, 0) is 13.6 Å². The first kappa shape index (κ1) is 10.6. The van der Waals surface area contributed by atoms with Crippen LogP contribution in [0.2, 0.25) is 0 Å². The first-order valence-electron chi connectivity index (χ1n) is 5.64. The molecule has 0 saturated carbocycles. The molecule has 0 aromatic carbocycles. The van der Waals surface area contributed by atoms with E-state index < -0.39 is 0 Å². The number of hydrogen-bond donors (Lipinski definition) is 1. The molecule has 1 saturated heterocycles. The number of aryl methyl sites for hydroxylation is 1. The van der Waals surface area contributed by atoms with E-state index in [1.54, 1.807) is 0 Å². The predicted molar refractivity (Wildman–Crippen MR) is 60.4 cm³/mol. The van der Waals surface area contributed by atoms with E-state index in [-0.39, 0.29) is 0 Å². The van der Waals surface area contributed by atoms with Gasteiger partial charge in [0.1, 0.15) is 0 Å². The van der Waals surface area contributed by atoms with Gasteiger partial charge in [-0.25, -0.2) is 0 Å². The van der Waals surface area contributed by atoms with E-state index in [1.165, 1.54) is 30.6 Å². The van der Waals surface area contributed by atoms with Crippen molar-refractivity contribution in [1.29, 1.82) is 0 Å². The van der Waals surface area contributed by atoms with Gasteiger partial charge in [-0.05, 0) is 26.3 Å². The Morgan fingerprint density at radius 1 is 1.60 bits per heavy atom. The molecule has 4 heteroatoms. The average molecular weight is 208 g/mol. The Kier molecular flexibility index (Phi) is 3.07. The topological polar surface area (TPSA) is 47.1 Å². The Labute approximate surface area is 91.1 Å². The lowest BCUT2D eigenvalue weighted by molar-refractivity contribution is 0.249. The fourth-order valence-electron chi connectivity index (χ4n) is 2.29. The molecular formula is C11H20N4. The molecule has 0 bridgehead atoms. The summed E-state index contributed by atoms with van der Waals surface area (Å²) >= 11 is 0. The first-order valence-corrected chi connectivity index (χ1v) is 5.64. The molecule has 4 nitrogen and oxygen atoms in total. The highest BCUT2D eigenvalue weighted by atomic mass is 15.3. The third-order valence-electron chi connectivity index (χ3n) is 3.48. The largest absolute Gasteiger partial charge is 0.329 e. The summed E-state index contributed by atoms with van der Waals surface area (Å²) < 4.78 is 1.93. The molecule has 1 atom stereocenters. The van der Waals surface area contributed by atoms with Crippen molar-refractivity contribution in [2.24, 2.45) is 12.8 Å². The maximum Gasteiger partial charge on any atom is 0.0537 e. The van der Waals surface area contributed by atoms with Crippen molar-refractivity contribution in [2.75, 3.05) is 13.1 Å². The van der Waals surface area contributed by atoms with Crippen LogP contribution in [0.1, 0.15) is 24.1 Å². The van der Waals surface area contributed by atoms with Crippen LogP contribution in [0.5, 0.6) is 0 Å². The van der Waals surface area contributed by atoms with Crippen molar-refractivity contribution in [3.8, 4) is 0 Å². The molecule has 84 valence electrons. The van der Waals surface area contributed by atoms with Crippen LogP contribution in [-0.4, -0.2) is 33.8 Å². The molecule has 1 aromatic heterocycles. The van der Waals surface area contributed by atoms with Crippen LogP contribution in [0.4, 0.5) is 0 Å². The zero-order valence-electron chi connectivity index (χ0n) is 9.61. The summed E-state index contributed by atoms with van der Waals surface area (Å²) in [6.45, 7) is 5.08. The second-order valence-corrected chi connectivity index (χ2v) is 4.38. The number of aromatic nitrogens is 2. The van der Waals surface area contributed by atoms with Gasteiger partial charge in [-0.1, -0.05) is 0 Å². The van der Waals surface area contributed by atoms with Crippen LogP contribution in [0.15, 0.2) is 6.20 Å². The summed E-state index contributed by atoms with van der Waals surface area (Å²) in [5.41, 5.74) is 8.35. The summed E-state index contributed by atoms with van der Waals surface area (Å²) in [7, 11) is 1.99. The lowest BCUT2D eigenvalue weighted by Crippen LogP contribution is -2.34. The van der Waals surface area contributed by atoms with Gasteiger partial charge in [-0.15, -0.1) is 0 Å². The summed E-state index contributed by atoms with van der Waals surface area (Å²) in [5, 5.41) is 4.27. The molecule has 1 aliphatic rings. The van der Waals surface area contributed by atoms with Crippen molar-refractivity contribution < 1.29 is 0 Å². The van der Waals surface area contributed by atoms with E-state index in [0.717, 1.165) is 13.1 Å². The van der Waals surface area contributed by atoms with Gasteiger partial charge >= 0.3 is 0 Å². The minimum absolute atomic E-state index is 0.574. The zero-order valence-corrected chi connectivity index (χ0v) is 9.61. The number of rotatable bonds is 3.